The highest BCUT2D eigenvalue weighted by atomic mass is 32.2. The van der Waals surface area contributed by atoms with Gasteiger partial charge in [-0.1, -0.05) is 48.0 Å². The number of hydrogen-bond acceptors (Lipinski definition) is 3. The lowest BCUT2D eigenvalue weighted by molar-refractivity contribution is -0.103. The zero-order valence-electron chi connectivity index (χ0n) is 16.8. The lowest BCUT2D eigenvalue weighted by Crippen LogP contribution is -2.43. The Bertz CT molecular complexity index is 908. The third-order valence-corrected chi connectivity index (χ3v) is 6.00. The van der Waals surface area contributed by atoms with Crippen LogP contribution in [-0.2, 0) is 15.7 Å². The average Bonchev–Trinajstić information content (AvgIpc) is 2.67. The fourth-order valence-electron chi connectivity index (χ4n) is 3.29. The van der Waals surface area contributed by atoms with E-state index in [0.717, 1.165) is 11.1 Å². The van der Waals surface area contributed by atoms with Gasteiger partial charge in [-0.2, -0.15) is 5.26 Å². The van der Waals surface area contributed by atoms with Crippen molar-refractivity contribution in [1.82, 2.24) is 4.31 Å². The topological polar surface area (TPSA) is 53.3 Å². The molecule has 1 unspecified atom stereocenters. The molecule has 0 aliphatic carbocycles. The van der Waals surface area contributed by atoms with Crippen LogP contribution in [-0.4, -0.2) is 20.3 Å². The van der Waals surface area contributed by atoms with E-state index in [1.165, 1.54) is 0 Å². The van der Waals surface area contributed by atoms with E-state index in [-0.39, 0.29) is 5.92 Å². The first-order valence-corrected chi connectivity index (χ1v) is 10.5. The molecule has 0 fully saturated rings. The molecule has 0 saturated heterocycles. The summed E-state index contributed by atoms with van der Waals surface area (Å²) in [6.45, 7) is 7.96. The van der Waals surface area contributed by atoms with Crippen LogP contribution in [0.3, 0.4) is 0 Å². The van der Waals surface area contributed by atoms with Crippen molar-refractivity contribution in [3.8, 4) is 6.07 Å². The van der Waals surface area contributed by atoms with Gasteiger partial charge >= 0.3 is 0 Å². The molecule has 0 radical (unpaired) electrons. The second kappa shape index (κ2) is 8.30. The highest BCUT2D eigenvalue weighted by Gasteiger charge is 2.36. The van der Waals surface area contributed by atoms with Crippen molar-refractivity contribution in [2.45, 2.75) is 56.8 Å². The van der Waals surface area contributed by atoms with Gasteiger partial charge in [-0.15, -0.1) is 0 Å². The summed E-state index contributed by atoms with van der Waals surface area (Å²) in [6, 6.07) is 19.9. The molecule has 1 aliphatic heterocycles. The third kappa shape index (κ3) is 4.70. The largest absolute Gasteiger partial charge is 0.352 e. The van der Waals surface area contributed by atoms with Crippen LogP contribution in [0.25, 0.3) is 0 Å². The molecular weight excluding hydrogens is 368 g/mol. The number of allylic oxidation sites excluding steroid dienone is 1. The van der Waals surface area contributed by atoms with Gasteiger partial charge in [-0.3, -0.25) is 4.31 Å². The van der Waals surface area contributed by atoms with Gasteiger partial charge in [0, 0.05) is 18.5 Å². The van der Waals surface area contributed by atoms with Crippen LogP contribution in [0.15, 0.2) is 71.3 Å². The first kappa shape index (κ1) is 20.3. The van der Waals surface area contributed by atoms with Gasteiger partial charge in [0.1, 0.15) is 6.23 Å². The predicted octanol–water partition coefficient (Wildman–Crippen LogP) is 5.06. The summed E-state index contributed by atoms with van der Waals surface area (Å²) in [6.07, 6.45) is 1.88. The fourth-order valence-corrected chi connectivity index (χ4v) is 4.45. The van der Waals surface area contributed by atoms with Crippen LogP contribution in [0.4, 0.5) is 0 Å². The van der Waals surface area contributed by atoms with Crippen molar-refractivity contribution >= 4 is 11.0 Å². The molecule has 2 aromatic carbocycles. The third-order valence-electron chi connectivity index (χ3n) is 4.60. The number of nitrogens with zero attached hydrogens (tertiary/aromatic N) is 2. The summed E-state index contributed by atoms with van der Waals surface area (Å²) in [5.74, 6) is -0.0789. The van der Waals surface area contributed by atoms with Gasteiger partial charge in [0.15, 0.2) is 11.0 Å². The van der Waals surface area contributed by atoms with Crippen LogP contribution < -0.4 is 0 Å². The van der Waals surface area contributed by atoms with Crippen LogP contribution >= 0.6 is 0 Å². The summed E-state index contributed by atoms with van der Waals surface area (Å²) in [5, 5.41) is 9.76. The molecule has 146 valence electrons. The van der Waals surface area contributed by atoms with Gasteiger partial charge in [0.05, 0.1) is 22.1 Å². The molecule has 0 bridgehead atoms. The number of benzene rings is 2. The Balaban J connectivity index is 2.01. The van der Waals surface area contributed by atoms with Crippen LogP contribution in [0, 0.1) is 18.3 Å². The van der Waals surface area contributed by atoms with Crippen molar-refractivity contribution in [3.63, 3.8) is 0 Å². The molecule has 2 aromatic rings. The van der Waals surface area contributed by atoms with Gasteiger partial charge in [0.25, 0.3) is 0 Å². The Labute approximate surface area is 170 Å². The monoisotopic (exact) mass is 394 g/mol. The average molecular weight is 395 g/mol. The molecular formula is C23H26N2O2S. The number of ether oxygens (including phenoxy) is 1. The molecule has 0 saturated carbocycles. The summed E-state index contributed by atoms with van der Waals surface area (Å²) in [5.41, 5.74) is 2.37. The number of aryl methyl sites for hydroxylation is 1. The van der Waals surface area contributed by atoms with E-state index >= 15 is 0 Å². The Kier molecular flexibility index (Phi) is 6.02. The smallest absolute Gasteiger partial charge is 0.154 e. The molecule has 5 heteroatoms. The first-order chi connectivity index (χ1) is 13.3. The van der Waals surface area contributed by atoms with E-state index in [0.29, 0.717) is 16.9 Å². The molecule has 3 rings (SSSR count). The summed E-state index contributed by atoms with van der Waals surface area (Å²) >= 11 is 0. The highest BCUT2D eigenvalue weighted by Crippen LogP contribution is 2.38. The van der Waals surface area contributed by atoms with Crippen LogP contribution in [0.2, 0.25) is 0 Å². The number of rotatable bonds is 4. The van der Waals surface area contributed by atoms with Crippen molar-refractivity contribution in [3.05, 3.63) is 77.5 Å². The number of hydrogen-bond donors (Lipinski definition) is 0. The van der Waals surface area contributed by atoms with Gasteiger partial charge in [-0.25, -0.2) is 4.21 Å². The van der Waals surface area contributed by atoms with Crippen molar-refractivity contribution in [1.29, 1.82) is 5.26 Å². The van der Waals surface area contributed by atoms with Crippen LogP contribution in [0.5, 0.6) is 0 Å². The van der Waals surface area contributed by atoms with E-state index in [1.807, 2.05) is 82.3 Å². The number of nitriles is 1. The molecule has 0 aromatic heterocycles. The normalized spacial score (nSPS) is 21.0. The molecule has 0 amide bonds. The fraction of sp³-hybridized carbons (Fsp3) is 0.348. The molecule has 0 spiro atoms. The molecule has 4 nitrogen and oxygen atoms in total. The van der Waals surface area contributed by atoms with Gasteiger partial charge in [0.2, 0.25) is 0 Å². The van der Waals surface area contributed by atoms with Crippen molar-refractivity contribution < 1.29 is 8.95 Å². The van der Waals surface area contributed by atoms with E-state index in [4.69, 9.17) is 4.74 Å². The summed E-state index contributed by atoms with van der Waals surface area (Å²) < 4.78 is 21.3. The van der Waals surface area contributed by atoms with Crippen LogP contribution in [0.1, 0.15) is 44.2 Å². The standard InChI is InChI=1S/C23H26N2O2S/c1-17-10-12-20(13-11-17)28(26)25-16-19(15-24)21(18-8-6-5-7-9-18)14-22(25)27-23(2,3)4/h5-13,16,21-22H,14H2,1-4H3/t21-,22+,28?/m0/s1. The van der Waals surface area contributed by atoms with Crippen molar-refractivity contribution in [2.75, 3.05) is 0 Å². The predicted molar refractivity (Wildman–Crippen MR) is 112 cm³/mol. The SMILES string of the molecule is Cc1ccc(S(=O)N2C=C(C#N)[C@H](c3ccccc3)C[C@H]2OC(C)(C)C)cc1. The Morgan fingerprint density at radius 1 is 1.11 bits per heavy atom. The molecule has 1 aliphatic rings. The minimum atomic E-state index is -1.46. The summed E-state index contributed by atoms with van der Waals surface area (Å²) in [7, 11) is -1.46. The maximum absolute atomic E-state index is 13.3. The molecule has 1 heterocycles. The van der Waals surface area contributed by atoms with E-state index in [9.17, 15) is 9.47 Å². The van der Waals surface area contributed by atoms with Crippen molar-refractivity contribution in [2.24, 2.45) is 0 Å². The van der Waals surface area contributed by atoms with Gasteiger partial charge in [-0.05, 0) is 45.4 Å². The maximum atomic E-state index is 13.3. The minimum absolute atomic E-state index is 0.0789. The Hall–Kier alpha value is -2.42. The lowest BCUT2D eigenvalue weighted by atomic mass is 9.87. The van der Waals surface area contributed by atoms with Gasteiger partial charge < -0.3 is 4.74 Å². The van der Waals surface area contributed by atoms with E-state index < -0.39 is 22.8 Å². The highest BCUT2D eigenvalue weighted by molar-refractivity contribution is 7.82. The molecule has 28 heavy (non-hydrogen) atoms. The Morgan fingerprint density at radius 3 is 2.32 bits per heavy atom. The quantitative estimate of drug-likeness (QED) is 0.729. The first-order valence-electron chi connectivity index (χ1n) is 9.40. The zero-order valence-corrected chi connectivity index (χ0v) is 17.6. The Morgan fingerprint density at radius 2 is 1.75 bits per heavy atom. The van der Waals surface area contributed by atoms with E-state index in [2.05, 4.69) is 6.07 Å². The minimum Gasteiger partial charge on any atom is -0.352 e. The molecule has 3 atom stereocenters. The lowest BCUT2D eigenvalue weighted by Gasteiger charge is -2.39. The summed E-state index contributed by atoms with van der Waals surface area (Å²) in [4.78, 5) is 0.694. The maximum Gasteiger partial charge on any atom is 0.154 e. The zero-order chi connectivity index (χ0) is 20.3. The second-order valence-corrected chi connectivity index (χ2v) is 9.39. The molecule has 0 N–H and O–H groups in total. The second-order valence-electron chi connectivity index (χ2n) is 8.00. The van der Waals surface area contributed by atoms with E-state index in [1.54, 1.807) is 10.5 Å².